The number of aryl methyl sites for hydroxylation is 1. The zero-order valence-corrected chi connectivity index (χ0v) is 12.2. The van der Waals surface area contributed by atoms with Gasteiger partial charge in [0, 0.05) is 18.7 Å². The van der Waals surface area contributed by atoms with Crippen molar-refractivity contribution in [1.29, 1.82) is 0 Å². The summed E-state index contributed by atoms with van der Waals surface area (Å²) >= 11 is 0. The Kier molecular flexibility index (Phi) is 5.00. The molecule has 0 radical (unpaired) electrons. The molecule has 0 unspecified atom stereocenters. The molecule has 2 heteroatoms. The largest absolute Gasteiger partial charge is 0.339 e. The van der Waals surface area contributed by atoms with Gasteiger partial charge in [0.2, 0.25) is 0 Å². The summed E-state index contributed by atoms with van der Waals surface area (Å²) < 4.78 is 0. The van der Waals surface area contributed by atoms with Crippen LogP contribution < -0.4 is 0 Å². The van der Waals surface area contributed by atoms with Crippen LogP contribution in [0, 0.1) is 5.92 Å². The monoisotopic (exact) mass is 259 g/mol. The van der Waals surface area contributed by atoms with Crippen LogP contribution in [-0.4, -0.2) is 23.9 Å². The van der Waals surface area contributed by atoms with Gasteiger partial charge in [-0.15, -0.1) is 0 Å². The summed E-state index contributed by atoms with van der Waals surface area (Å²) in [5.41, 5.74) is 2.18. The Labute approximate surface area is 116 Å². The first kappa shape index (κ1) is 14.1. The predicted octanol–water partition coefficient (Wildman–Crippen LogP) is 3.90. The number of likely N-dealkylation sites (tertiary alicyclic amines) is 1. The summed E-state index contributed by atoms with van der Waals surface area (Å²) in [6, 6.07) is 8.20. The smallest absolute Gasteiger partial charge is 0.253 e. The van der Waals surface area contributed by atoms with Gasteiger partial charge in [-0.3, -0.25) is 4.79 Å². The lowest BCUT2D eigenvalue weighted by atomic mass is 9.98. The molecule has 0 saturated carbocycles. The van der Waals surface area contributed by atoms with Crippen molar-refractivity contribution in [3.63, 3.8) is 0 Å². The molecule has 0 spiro atoms. The van der Waals surface area contributed by atoms with Crippen molar-refractivity contribution in [2.75, 3.05) is 13.1 Å². The van der Waals surface area contributed by atoms with Crippen LogP contribution in [0.2, 0.25) is 0 Å². The summed E-state index contributed by atoms with van der Waals surface area (Å²) in [5, 5.41) is 0. The minimum absolute atomic E-state index is 0.203. The molecule has 2 rings (SSSR count). The lowest BCUT2D eigenvalue weighted by Gasteiger charge is -2.30. The first-order valence-corrected chi connectivity index (χ1v) is 7.59. The molecule has 0 aliphatic carbocycles. The predicted molar refractivity (Wildman–Crippen MR) is 79.4 cm³/mol. The molecular weight excluding hydrogens is 234 g/mol. The average molecular weight is 259 g/mol. The second-order valence-electron chi connectivity index (χ2n) is 5.78. The van der Waals surface area contributed by atoms with Gasteiger partial charge in [-0.1, -0.05) is 32.4 Å². The van der Waals surface area contributed by atoms with Crippen LogP contribution in [0.3, 0.4) is 0 Å². The van der Waals surface area contributed by atoms with Crippen LogP contribution in [0.4, 0.5) is 0 Å². The number of hydrogen-bond acceptors (Lipinski definition) is 1. The van der Waals surface area contributed by atoms with Crippen molar-refractivity contribution >= 4 is 5.91 Å². The van der Waals surface area contributed by atoms with Crippen molar-refractivity contribution in [1.82, 2.24) is 4.90 Å². The van der Waals surface area contributed by atoms with Crippen molar-refractivity contribution in [2.24, 2.45) is 5.92 Å². The van der Waals surface area contributed by atoms with Crippen LogP contribution in [0.25, 0.3) is 0 Å². The van der Waals surface area contributed by atoms with E-state index in [9.17, 15) is 4.79 Å². The second-order valence-corrected chi connectivity index (χ2v) is 5.78. The molecule has 0 aromatic heterocycles. The van der Waals surface area contributed by atoms with E-state index in [2.05, 4.69) is 26.0 Å². The lowest BCUT2D eigenvalue weighted by molar-refractivity contribution is 0.0697. The first-order valence-electron chi connectivity index (χ1n) is 7.59. The highest BCUT2D eigenvalue weighted by Crippen LogP contribution is 2.18. The second kappa shape index (κ2) is 6.74. The maximum absolute atomic E-state index is 12.4. The van der Waals surface area contributed by atoms with E-state index in [1.54, 1.807) is 0 Å². The van der Waals surface area contributed by atoms with Crippen LogP contribution in [-0.2, 0) is 6.42 Å². The summed E-state index contributed by atoms with van der Waals surface area (Å²) in [4.78, 5) is 14.4. The normalized spacial score (nSPS) is 16.6. The number of carbonyl (C=O) groups excluding carboxylic acids is 1. The molecule has 1 aromatic rings. The average Bonchev–Trinajstić information content (AvgIpc) is 2.46. The van der Waals surface area contributed by atoms with E-state index in [0.29, 0.717) is 0 Å². The van der Waals surface area contributed by atoms with Gasteiger partial charge in [0.15, 0.2) is 0 Å². The molecule has 104 valence electrons. The molecule has 2 nitrogen and oxygen atoms in total. The van der Waals surface area contributed by atoms with Crippen LogP contribution in [0.1, 0.15) is 55.5 Å². The van der Waals surface area contributed by atoms with Gasteiger partial charge in [-0.2, -0.15) is 0 Å². The Morgan fingerprint density at radius 1 is 1.21 bits per heavy atom. The number of benzene rings is 1. The van der Waals surface area contributed by atoms with Crippen LogP contribution in [0.5, 0.6) is 0 Å². The maximum atomic E-state index is 12.4. The van der Waals surface area contributed by atoms with E-state index >= 15 is 0 Å². The van der Waals surface area contributed by atoms with Crippen molar-refractivity contribution in [3.8, 4) is 0 Å². The number of hydrogen-bond donors (Lipinski definition) is 0. The van der Waals surface area contributed by atoms with E-state index < -0.39 is 0 Å². The zero-order valence-electron chi connectivity index (χ0n) is 12.2. The van der Waals surface area contributed by atoms with Crippen molar-refractivity contribution < 1.29 is 4.79 Å². The molecule has 0 bridgehead atoms. The number of nitrogens with zero attached hydrogens (tertiary/aromatic N) is 1. The molecule has 1 aliphatic rings. The van der Waals surface area contributed by atoms with E-state index in [1.165, 1.54) is 18.4 Å². The first-order chi connectivity index (χ1) is 9.20. The fourth-order valence-electron chi connectivity index (χ4n) is 2.59. The van der Waals surface area contributed by atoms with E-state index in [1.807, 2.05) is 17.0 Å². The van der Waals surface area contributed by atoms with Crippen LogP contribution >= 0.6 is 0 Å². The minimum atomic E-state index is 0.203. The fourth-order valence-corrected chi connectivity index (χ4v) is 2.59. The molecule has 1 saturated heterocycles. The van der Waals surface area contributed by atoms with Crippen molar-refractivity contribution in [2.45, 2.75) is 46.0 Å². The third kappa shape index (κ3) is 3.82. The third-order valence-electron chi connectivity index (χ3n) is 4.09. The Balaban J connectivity index is 1.95. The molecule has 1 heterocycles. The van der Waals surface area contributed by atoms with E-state index in [-0.39, 0.29) is 5.91 Å². The van der Waals surface area contributed by atoms with E-state index in [0.717, 1.165) is 43.8 Å². The topological polar surface area (TPSA) is 20.3 Å². The molecule has 0 N–H and O–H groups in total. The summed E-state index contributed by atoms with van der Waals surface area (Å²) in [6.07, 6.45) is 5.83. The number of rotatable bonds is 4. The number of carbonyl (C=O) groups is 1. The fraction of sp³-hybridized carbons (Fsp3) is 0.588. The Hall–Kier alpha value is -1.31. The molecule has 1 aromatic carbocycles. The summed E-state index contributed by atoms with van der Waals surface area (Å²) in [6.45, 7) is 6.30. The Morgan fingerprint density at radius 2 is 1.84 bits per heavy atom. The van der Waals surface area contributed by atoms with Gasteiger partial charge in [0.05, 0.1) is 0 Å². The SMILES string of the molecule is CCCCc1ccc(C(=O)N2CCC(C)CC2)cc1. The minimum Gasteiger partial charge on any atom is -0.339 e. The standard InChI is InChI=1S/C17H25NO/c1-3-4-5-15-6-8-16(9-7-15)17(19)18-12-10-14(2)11-13-18/h6-9,14H,3-5,10-13H2,1-2H3. The summed E-state index contributed by atoms with van der Waals surface area (Å²) in [7, 11) is 0. The number of unbranched alkanes of at least 4 members (excludes halogenated alkanes) is 1. The van der Waals surface area contributed by atoms with Gasteiger partial charge in [-0.05, 0) is 49.3 Å². The Bertz CT molecular complexity index is 402. The number of amides is 1. The van der Waals surface area contributed by atoms with Crippen LogP contribution in [0.15, 0.2) is 24.3 Å². The highest BCUT2D eigenvalue weighted by atomic mass is 16.2. The Morgan fingerprint density at radius 3 is 2.42 bits per heavy atom. The zero-order chi connectivity index (χ0) is 13.7. The summed E-state index contributed by atoms with van der Waals surface area (Å²) in [5.74, 6) is 0.967. The molecular formula is C17H25NO. The maximum Gasteiger partial charge on any atom is 0.253 e. The third-order valence-corrected chi connectivity index (χ3v) is 4.09. The molecule has 0 atom stereocenters. The molecule has 1 fully saturated rings. The lowest BCUT2D eigenvalue weighted by Crippen LogP contribution is -2.37. The number of piperidine rings is 1. The van der Waals surface area contributed by atoms with Gasteiger partial charge < -0.3 is 4.90 Å². The van der Waals surface area contributed by atoms with E-state index in [4.69, 9.17) is 0 Å². The molecule has 1 aliphatic heterocycles. The molecule has 1 amide bonds. The molecule has 19 heavy (non-hydrogen) atoms. The van der Waals surface area contributed by atoms with Gasteiger partial charge in [0.1, 0.15) is 0 Å². The van der Waals surface area contributed by atoms with Gasteiger partial charge in [0.25, 0.3) is 5.91 Å². The van der Waals surface area contributed by atoms with Crippen molar-refractivity contribution in [3.05, 3.63) is 35.4 Å². The quantitative estimate of drug-likeness (QED) is 0.803. The highest BCUT2D eigenvalue weighted by molar-refractivity contribution is 5.94. The highest BCUT2D eigenvalue weighted by Gasteiger charge is 2.21. The van der Waals surface area contributed by atoms with Gasteiger partial charge >= 0.3 is 0 Å². The van der Waals surface area contributed by atoms with Gasteiger partial charge in [-0.25, -0.2) is 0 Å².